The first-order chi connectivity index (χ1) is 23.6. The predicted octanol–water partition coefficient (Wildman–Crippen LogP) is 5.21. The first-order valence-electron chi connectivity index (χ1n) is 16.5. The maximum absolute atomic E-state index is 13.5. The van der Waals surface area contributed by atoms with E-state index >= 15 is 0 Å². The number of carbonyl (C=O) groups excluding carboxylic acids is 4. The lowest BCUT2D eigenvalue weighted by Gasteiger charge is -2.23. The summed E-state index contributed by atoms with van der Waals surface area (Å²) < 4.78 is 0. The highest BCUT2D eigenvalue weighted by Gasteiger charge is 2.25. The molecule has 4 N–H and O–H groups in total. The van der Waals surface area contributed by atoms with Crippen LogP contribution in [0.15, 0.2) is 65.4 Å². The summed E-state index contributed by atoms with van der Waals surface area (Å²) in [6, 6.07) is 15.4. The van der Waals surface area contributed by atoms with Crippen LogP contribution in [0.5, 0.6) is 5.75 Å². The Kier molecular flexibility index (Phi) is 12.5. The first-order valence-corrected chi connectivity index (χ1v) is 18.3. The van der Waals surface area contributed by atoms with Crippen molar-refractivity contribution in [2.24, 2.45) is 5.92 Å². The fourth-order valence-corrected chi connectivity index (χ4v) is 7.31. The largest absolute Gasteiger partial charge is 0.508 e. The molecule has 4 aromatic rings. The molecule has 4 amide bonds. The molecular formula is C36H42N6O5S2. The van der Waals surface area contributed by atoms with Crippen LogP contribution in [0, 0.1) is 5.92 Å². The number of nitrogens with zero attached hydrogens (tertiary/aromatic N) is 3. The van der Waals surface area contributed by atoms with Crippen molar-refractivity contribution in [3.05, 3.63) is 97.9 Å². The SMILES string of the molecule is CC(C)C[C@@H]1NC(=O)CCCN(C(=O)Cc2ccc(O)cc2)CCCNC(=O)c2csc(n2)[C@H](Cc2ccccc2)NC(=O)c2csc1n2. The second kappa shape index (κ2) is 17.2. The number of rotatable bonds is 6. The highest BCUT2D eigenvalue weighted by molar-refractivity contribution is 7.10. The van der Waals surface area contributed by atoms with Gasteiger partial charge < -0.3 is 26.0 Å². The summed E-state index contributed by atoms with van der Waals surface area (Å²) >= 11 is 2.64. The van der Waals surface area contributed by atoms with E-state index in [0.29, 0.717) is 55.3 Å². The zero-order valence-electron chi connectivity index (χ0n) is 27.7. The number of hydrogen-bond acceptors (Lipinski definition) is 9. The van der Waals surface area contributed by atoms with Crippen LogP contribution in [0.25, 0.3) is 0 Å². The van der Waals surface area contributed by atoms with E-state index in [0.717, 1.165) is 11.1 Å². The highest BCUT2D eigenvalue weighted by atomic mass is 32.1. The zero-order chi connectivity index (χ0) is 34.8. The fourth-order valence-electron chi connectivity index (χ4n) is 5.60. The van der Waals surface area contributed by atoms with Crippen LogP contribution < -0.4 is 16.0 Å². The van der Waals surface area contributed by atoms with Gasteiger partial charge in [-0.2, -0.15) is 0 Å². The minimum absolute atomic E-state index is 0.102. The Morgan fingerprint density at radius 1 is 0.857 bits per heavy atom. The average molecular weight is 703 g/mol. The molecule has 0 radical (unpaired) electrons. The molecule has 4 bridgehead atoms. The molecule has 0 saturated carbocycles. The third kappa shape index (κ3) is 10.4. The molecule has 5 rings (SSSR count). The first kappa shape index (κ1) is 35.7. The summed E-state index contributed by atoms with van der Waals surface area (Å²) in [5.41, 5.74) is 2.29. The third-order valence-corrected chi connectivity index (χ3v) is 10.0. The van der Waals surface area contributed by atoms with Crippen LogP contribution in [-0.2, 0) is 22.4 Å². The molecule has 2 atom stereocenters. The van der Waals surface area contributed by atoms with Crippen molar-refractivity contribution in [2.45, 2.75) is 64.5 Å². The topological polar surface area (TPSA) is 154 Å². The van der Waals surface area contributed by atoms with Crippen molar-refractivity contribution in [1.82, 2.24) is 30.8 Å². The van der Waals surface area contributed by atoms with E-state index in [2.05, 4.69) is 39.8 Å². The molecule has 2 aromatic carbocycles. The van der Waals surface area contributed by atoms with Gasteiger partial charge in [0.2, 0.25) is 11.8 Å². The molecule has 0 fully saturated rings. The number of fused-ring (bicyclic) bond motifs is 4. The lowest BCUT2D eigenvalue weighted by molar-refractivity contribution is -0.131. The Morgan fingerprint density at radius 3 is 2.20 bits per heavy atom. The van der Waals surface area contributed by atoms with Gasteiger partial charge in [-0.3, -0.25) is 19.2 Å². The van der Waals surface area contributed by atoms with E-state index in [4.69, 9.17) is 0 Å². The van der Waals surface area contributed by atoms with Crippen molar-refractivity contribution in [3.8, 4) is 5.75 Å². The maximum atomic E-state index is 13.5. The van der Waals surface area contributed by atoms with Crippen molar-refractivity contribution >= 4 is 46.3 Å². The van der Waals surface area contributed by atoms with E-state index in [1.54, 1.807) is 39.9 Å². The fraction of sp³-hybridized carbons (Fsp3) is 0.389. The highest BCUT2D eigenvalue weighted by Crippen LogP contribution is 2.27. The molecule has 0 spiro atoms. The standard InChI is InChI=1S/C36H42N6O5S2/c1-23(2)18-27-35-41-30(22-49-35)34(47)39-28(19-24-8-4-3-5-9-24)36-40-29(21-48-36)33(46)37-15-7-17-42(16-6-10-31(44)38-27)32(45)20-25-11-13-26(43)14-12-25/h3-5,8-9,11-14,21-23,27-28,43H,6-7,10,15-20H2,1-2H3,(H,37,46)(H,38,44)(H,39,47)/t27-,28-/m0/s1. The summed E-state index contributed by atoms with van der Waals surface area (Å²) in [5.74, 6) is -0.560. The second-order valence-electron chi connectivity index (χ2n) is 12.5. The van der Waals surface area contributed by atoms with Gasteiger partial charge in [0.15, 0.2) is 0 Å². The van der Waals surface area contributed by atoms with Crippen molar-refractivity contribution in [2.75, 3.05) is 19.6 Å². The minimum Gasteiger partial charge on any atom is -0.508 e. The zero-order valence-corrected chi connectivity index (χ0v) is 29.3. The maximum Gasteiger partial charge on any atom is 0.271 e. The van der Waals surface area contributed by atoms with Gasteiger partial charge in [-0.15, -0.1) is 22.7 Å². The number of hydrogen-bond donors (Lipinski definition) is 4. The Bertz CT molecular complexity index is 1720. The van der Waals surface area contributed by atoms with Gasteiger partial charge in [-0.25, -0.2) is 9.97 Å². The van der Waals surface area contributed by atoms with Crippen molar-refractivity contribution in [1.29, 1.82) is 0 Å². The lowest BCUT2D eigenvalue weighted by Crippen LogP contribution is -2.37. The van der Waals surface area contributed by atoms with Crippen LogP contribution in [0.2, 0.25) is 0 Å². The normalized spacial score (nSPS) is 18.3. The van der Waals surface area contributed by atoms with Gasteiger partial charge in [0.05, 0.1) is 18.5 Å². The number of phenols is 1. The van der Waals surface area contributed by atoms with Crippen LogP contribution in [-0.4, -0.2) is 63.2 Å². The quantitative estimate of drug-likeness (QED) is 0.215. The molecule has 0 unspecified atom stereocenters. The Balaban J connectivity index is 1.38. The van der Waals surface area contributed by atoms with Crippen LogP contribution >= 0.6 is 22.7 Å². The Labute approximate surface area is 294 Å². The summed E-state index contributed by atoms with van der Waals surface area (Å²) in [6.07, 6.45) is 2.44. The van der Waals surface area contributed by atoms with Gasteiger partial charge in [0, 0.05) is 36.8 Å². The molecular weight excluding hydrogens is 661 g/mol. The van der Waals surface area contributed by atoms with Gasteiger partial charge >= 0.3 is 0 Å². The van der Waals surface area contributed by atoms with E-state index in [1.807, 2.05) is 30.3 Å². The van der Waals surface area contributed by atoms with Crippen molar-refractivity contribution < 1.29 is 24.3 Å². The van der Waals surface area contributed by atoms with Gasteiger partial charge in [-0.1, -0.05) is 56.3 Å². The summed E-state index contributed by atoms with van der Waals surface area (Å²) in [5, 5.41) is 23.4. The van der Waals surface area contributed by atoms with Crippen LogP contribution in [0.4, 0.5) is 0 Å². The number of aromatic hydroxyl groups is 1. The lowest BCUT2D eigenvalue weighted by atomic mass is 10.0. The molecule has 1 aliphatic rings. The molecule has 49 heavy (non-hydrogen) atoms. The molecule has 258 valence electrons. The van der Waals surface area contributed by atoms with Crippen LogP contribution in [0.3, 0.4) is 0 Å². The molecule has 3 heterocycles. The number of benzene rings is 2. The number of carbonyl (C=O) groups is 4. The minimum atomic E-state index is -0.500. The number of thiazole rings is 2. The number of aromatic nitrogens is 2. The summed E-state index contributed by atoms with van der Waals surface area (Å²) in [7, 11) is 0. The van der Waals surface area contributed by atoms with Crippen LogP contribution in [0.1, 0.15) is 93.7 Å². The number of phenolic OH excluding ortho intramolecular Hbond substituents is 1. The Morgan fingerprint density at radius 2 is 1.51 bits per heavy atom. The predicted molar refractivity (Wildman–Crippen MR) is 189 cm³/mol. The summed E-state index contributed by atoms with van der Waals surface area (Å²) in [6.45, 7) is 5.22. The number of amides is 4. The number of nitrogens with one attached hydrogen (secondary N) is 3. The molecule has 13 heteroatoms. The molecule has 2 aromatic heterocycles. The van der Waals surface area contributed by atoms with Gasteiger partial charge in [0.25, 0.3) is 11.8 Å². The monoisotopic (exact) mass is 702 g/mol. The molecule has 11 nitrogen and oxygen atoms in total. The van der Waals surface area contributed by atoms with Gasteiger partial charge in [-0.05, 0) is 54.9 Å². The molecule has 0 saturated heterocycles. The second-order valence-corrected chi connectivity index (χ2v) is 14.3. The van der Waals surface area contributed by atoms with E-state index in [-0.39, 0.29) is 65.6 Å². The molecule has 0 aliphatic carbocycles. The third-order valence-electron chi connectivity index (χ3n) is 8.10. The Hall–Kier alpha value is -4.62. The van der Waals surface area contributed by atoms with E-state index in [9.17, 15) is 24.3 Å². The van der Waals surface area contributed by atoms with Gasteiger partial charge in [0.1, 0.15) is 27.2 Å². The summed E-state index contributed by atoms with van der Waals surface area (Å²) in [4.78, 5) is 64.2. The average Bonchev–Trinajstić information content (AvgIpc) is 3.77. The van der Waals surface area contributed by atoms with E-state index < -0.39 is 6.04 Å². The molecule has 1 aliphatic heterocycles. The smallest absolute Gasteiger partial charge is 0.271 e. The van der Waals surface area contributed by atoms with E-state index in [1.165, 1.54) is 22.7 Å². The van der Waals surface area contributed by atoms with Crippen molar-refractivity contribution in [3.63, 3.8) is 0 Å².